The second-order valence-electron chi connectivity index (χ2n) is 8.91. The average molecular weight is 350 g/mol. The highest BCUT2D eigenvalue weighted by Gasteiger charge is 2.34. The van der Waals surface area contributed by atoms with E-state index in [9.17, 15) is 9.90 Å². The molecule has 136 valence electrons. The number of rotatable bonds is 1. The summed E-state index contributed by atoms with van der Waals surface area (Å²) >= 11 is 0. The molecule has 3 heteroatoms. The van der Waals surface area contributed by atoms with Crippen molar-refractivity contribution in [1.82, 2.24) is 0 Å². The van der Waals surface area contributed by atoms with E-state index in [2.05, 4.69) is 47.6 Å². The zero-order chi connectivity index (χ0) is 19.3. The van der Waals surface area contributed by atoms with E-state index in [0.29, 0.717) is 16.9 Å². The van der Waals surface area contributed by atoms with Gasteiger partial charge in [0.1, 0.15) is 11.5 Å². The molecule has 1 heterocycles. The van der Waals surface area contributed by atoms with Gasteiger partial charge in [0, 0.05) is 16.7 Å². The molecule has 0 saturated carbocycles. The van der Waals surface area contributed by atoms with Crippen molar-refractivity contribution in [2.24, 2.45) is 0 Å². The normalized spacial score (nSPS) is 15.9. The molecule has 1 aliphatic heterocycles. The smallest absolute Gasteiger partial charge is 0.344 e. The van der Waals surface area contributed by atoms with Crippen LogP contribution in [0.2, 0.25) is 0 Å². The maximum atomic E-state index is 12.6. The Bertz CT molecular complexity index is 906. The molecule has 0 aromatic heterocycles. The van der Waals surface area contributed by atoms with Gasteiger partial charge in [0.2, 0.25) is 0 Å². The largest absolute Gasteiger partial charge is 0.507 e. The zero-order valence-electron chi connectivity index (χ0n) is 16.3. The lowest BCUT2D eigenvalue weighted by atomic mass is 9.78. The molecular weight excluding hydrogens is 324 g/mol. The Labute approximate surface area is 155 Å². The third-order valence-corrected chi connectivity index (χ3v) is 4.70. The predicted octanol–water partition coefficient (Wildman–Crippen LogP) is 5.45. The van der Waals surface area contributed by atoms with E-state index in [4.69, 9.17) is 4.74 Å². The fourth-order valence-electron chi connectivity index (χ4n) is 3.09. The van der Waals surface area contributed by atoms with Crippen LogP contribution >= 0.6 is 0 Å². The lowest BCUT2D eigenvalue weighted by molar-refractivity contribution is -0.127. The van der Waals surface area contributed by atoms with Gasteiger partial charge in [-0.25, -0.2) is 4.79 Å². The summed E-state index contributed by atoms with van der Waals surface area (Å²) in [5.41, 5.74) is 3.85. The van der Waals surface area contributed by atoms with Crippen LogP contribution in [0.5, 0.6) is 11.5 Å². The van der Waals surface area contributed by atoms with Crippen LogP contribution < -0.4 is 4.74 Å². The summed E-state index contributed by atoms with van der Waals surface area (Å²) < 4.78 is 5.67. The number of ether oxygens (including phenoxy) is 1. The second kappa shape index (κ2) is 6.01. The van der Waals surface area contributed by atoms with Crippen molar-refractivity contribution in [2.45, 2.75) is 52.4 Å². The molecule has 0 fully saturated rings. The Balaban J connectivity index is 2.27. The third-order valence-electron chi connectivity index (χ3n) is 4.70. The lowest BCUT2D eigenvalue weighted by Crippen LogP contribution is -2.17. The van der Waals surface area contributed by atoms with Gasteiger partial charge in [-0.2, -0.15) is 0 Å². The molecule has 0 spiro atoms. The molecule has 26 heavy (non-hydrogen) atoms. The molecule has 0 unspecified atom stereocenters. The van der Waals surface area contributed by atoms with E-state index < -0.39 is 0 Å². The number of para-hydroxylation sites is 1. The predicted molar refractivity (Wildman–Crippen MR) is 105 cm³/mol. The Hall–Kier alpha value is -2.55. The average Bonchev–Trinajstić information content (AvgIpc) is 2.82. The van der Waals surface area contributed by atoms with Gasteiger partial charge in [0.25, 0.3) is 0 Å². The molecule has 2 aromatic rings. The van der Waals surface area contributed by atoms with Crippen LogP contribution in [0.15, 0.2) is 36.4 Å². The maximum absolute atomic E-state index is 12.6. The van der Waals surface area contributed by atoms with E-state index in [-0.39, 0.29) is 22.5 Å². The number of phenols is 1. The second-order valence-corrected chi connectivity index (χ2v) is 8.91. The van der Waals surface area contributed by atoms with Crippen molar-refractivity contribution >= 4 is 17.6 Å². The summed E-state index contributed by atoms with van der Waals surface area (Å²) in [6.45, 7) is 12.8. The standard InChI is InChI=1S/C23H26O3/c1-22(2,3)15-12-16-17(11-14-9-7-8-10-19(14)24)21(25)26-20(16)18(13-15)23(4,5)6/h7-13,24H,1-6H3/b17-11-. The molecule has 0 amide bonds. The van der Waals surface area contributed by atoms with Crippen LogP contribution in [-0.2, 0) is 15.6 Å². The molecule has 0 aliphatic carbocycles. The van der Waals surface area contributed by atoms with Crippen molar-refractivity contribution in [3.05, 3.63) is 58.7 Å². The first kappa shape index (κ1) is 18.2. The first-order valence-electron chi connectivity index (χ1n) is 8.90. The Morgan fingerprint density at radius 2 is 1.62 bits per heavy atom. The highest BCUT2D eigenvalue weighted by molar-refractivity contribution is 6.26. The number of carbonyl (C=O) groups is 1. The molecule has 1 N–H and O–H groups in total. The Morgan fingerprint density at radius 1 is 0.962 bits per heavy atom. The fraction of sp³-hybridized carbons (Fsp3) is 0.348. The Morgan fingerprint density at radius 3 is 2.19 bits per heavy atom. The SMILES string of the molecule is CC(C)(C)c1cc2c(c(C(C)(C)C)c1)OC(=O)/C2=C\c1ccccc1O. The Kier molecular flexibility index (Phi) is 4.22. The number of fused-ring (bicyclic) bond motifs is 1. The highest BCUT2D eigenvalue weighted by atomic mass is 16.5. The summed E-state index contributed by atoms with van der Waals surface area (Å²) in [6.07, 6.45) is 1.71. The van der Waals surface area contributed by atoms with Gasteiger partial charge in [-0.3, -0.25) is 0 Å². The van der Waals surface area contributed by atoms with Gasteiger partial charge >= 0.3 is 5.97 Å². The summed E-state index contributed by atoms with van der Waals surface area (Å²) in [5, 5.41) is 10.1. The molecule has 3 nitrogen and oxygen atoms in total. The summed E-state index contributed by atoms with van der Waals surface area (Å²) in [7, 11) is 0. The van der Waals surface area contributed by atoms with Crippen molar-refractivity contribution in [3.8, 4) is 11.5 Å². The number of esters is 1. The van der Waals surface area contributed by atoms with Gasteiger partial charge in [0.05, 0.1) is 5.57 Å². The minimum Gasteiger partial charge on any atom is -0.507 e. The molecule has 0 radical (unpaired) electrons. The monoisotopic (exact) mass is 350 g/mol. The molecular formula is C23H26O3. The highest BCUT2D eigenvalue weighted by Crippen LogP contribution is 2.45. The maximum Gasteiger partial charge on any atom is 0.344 e. The van der Waals surface area contributed by atoms with Crippen molar-refractivity contribution in [3.63, 3.8) is 0 Å². The van der Waals surface area contributed by atoms with E-state index in [1.54, 1.807) is 24.3 Å². The van der Waals surface area contributed by atoms with Crippen molar-refractivity contribution in [2.75, 3.05) is 0 Å². The zero-order valence-corrected chi connectivity index (χ0v) is 16.3. The summed E-state index contributed by atoms with van der Waals surface area (Å²) in [6, 6.07) is 11.2. The van der Waals surface area contributed by atoms with E-state index in [1.165, 1.54) is 0 Å². The number of aromatic hydroxyl groups is 1. The fourth-order valence-corrected chi connectivity index (χ4v) is 3.09. The number of phenolic OH excluding ortho intramolecular Hbond substituents is 1. The van der Waals surface area contributed by atoms with Gasteiger partial charge in [0.15, 0.2) is 0 Å². The van der Waals surface area contributed by atoms with Crippen molar-refractivity contribution in [1.29, 1.82) is 0 Å². The van der Waals surface area contributed by atoms with Crippen LogP contribution in [0.1, 0.15) is 63.8 Å². The van der Waals surface area contributed by atoms with Gasteiger partial charge in [-0.05, 0) is 34.6 Å². The van der Waals surface area contributed by atoms with E-state index in [0.717, 1.165) is 16.7 Å². The minimum absolute atomic E-state index is 0.0549. The molecule has 0 bridgehead atoms. The first-order valence-corrected chi connectivity index (χ1v) is 8.90. The quantitative estimate of drug-likeness (QED) is 0.423. The molecule has 2 aromatic carbocycles. The number of carbonyl (C=O) groups excluding carboxylic acids is 1. The number of benzene rings is 2. The topological polar surface area (TPSA) is 46.5 Å². The van der Waals surface area contributed by atoms with E-state index >= 15 is 0 Å². The van der Waals surface area contributed by atoms with Crippen LogP contribution in [-0.4, -0.2) is 11.1 Å². The van der Waals surface area contributed by atoms with Gasteiger partial charge in [-0.1, -0.05) is 65.8 Å². The minimum atomic E-state index is -0.375. The first-order chi connectivity index (χ1) is 12.0. The molecule has 3 rings (SSSR count). The van der Waals surface area contributed by atoms with Gasteiger partial charge in [-0.15, -0.1) is 0 Å². The van der Waals surface area contributed by atoms with Gasteiger partial charge < -0.3 is 9.84 Å². The lowest BCUT2D eigenvalue weighted by Gasteiger charge is -2.26. The number of hydrogen-bond acceptors (Lipinski definition) is 3. The van der Waals surface area contributed by atoms with Crippen LogP contribution in [0.25, 0.3) is 11.6 Å². The van der Waals surface area contributed by atoms with Crippen molar-refractivity contribution < 1.29 is 14.6 Å². The van der Waals surface area contributed by atoms with E-state index in [1.807, 2.05) is 12.1 Å². The molecule has 0 atom stereocenters. The van der Waals surface area contributed by atoms with Crippen LogP contribution in [0, 0.1) is 0 Å². The molecule has 0 saturated heterocycles. The van der Waals surface area contributed by atoms with Crippen LogP contribution in [0.3, 0.4) is 0 Å². The third kappa shape index (κ3) is 3.26. The summed E-state index contributed by atoms with van der Waals surface area (Å²) in [4.78, 5) is 12.6. The number of hydrogen-bond donors (Lipinski definition) is 1. The summed E-state index contributed by atoms with van der Waals surface area (Å²) in [5.74, 6) is 0.404. The van der Waals surface area contributed by atoms with Crippen LogP contribution in [0.4, 0.5) is 0 Å². The molecule has 1 aliphatic rings.